The number of alkyl carbamates (subject to hydrolysis) is 1. The third-order valence-corrected chi connectivity index (χ3v) is 2.91. The van der Waals surface area contributed by atoms with E-state index in [9.17, 15) is 9.90 Å². The van der Waals surface area contributed by atoms with Gasteiger partial charge in [-0.25, -0.2) is 4.79 Å². The van der Waals surface area contributed by atoms with Gasteiger partial charge in [-0.05, 0) is 18.9 Å². The Balaban J connectivity index is 2.00. The molecular weight excluding hydrogens is 242 g/mol. The van der Waals surface area contributed by atoms with Crippen molar-refractivity contribution in [3.63, 3.8) is 0 Å². The minimum absolute atomic E-state index is 0.230. The highest BCUT2D eigenvalue weighted by molar-refractivity contribution is 6.31. The summed E-state index contributed by atoms with van der Waals surface area (Å²) in [4.78, 5) is 11.5. The Morgan fingerprint density at radius 1 is 1.53 bits per heavy atom. The lowest BCUT2D eigenvalue weighted by Crippen LogP contribution is -2.28. The second-order valence-electron chi connectivity index (χ2n) is 4.02. The van der Waals surface area contributed by atoms with Crippen molar-refractivity contribution in [3.8, 4) is 0 Å². The lowest BCUT2D eigenvalue weighted by Gasteiger charge is -2.17. The summed E-state index contributed by atoms with van der Waals surface area (Å²) in [6, 6.07) is 7.22. The molecule has 0 aliphatic heterocycles. The highest BCUT2D eigenvalue weighted by Crippen LogP contribution is 2.26. The summed E-state index contributed by atoms with van der Waals surface area (Å²) < 4.78 is 5.13. The highest BCUT2D eigenvalue weighted by atomic mass is 35.5. The Morgan fingerprint density at radius 2 is 2.24 bits per heavy atom. The second kappa shape index (κ2) is 5.38. The van der Waals surface area contributed by atoms with Crippen molar-refractivity contribution in [2.24, 2.45) is 0 Å². The molecule has 92 valence electrons. The van der Waals surface area contributed by atoms with Gasteiger partial charge in [-0.1, -0.05) is 29.8 Å². The lowest BCUT2D eigenvalue weighted by atomic mass is 10.1. The van der Waals surface area contributed by atoms with Crippen LogP contribution in [0.1, 0.15) is 24.5 Å². The van der Waals surface area contributed by atoms with Crippen molar-refractivity contribution < 1.29 is 14.6 Å². The van der Waals surface area contributed by atoms with E-state index < -0.39 is 12.2 Å². The minimum Gasteiger partial charge on any atom is -0.439 e. The van der Waals surface area contributed by atoms with E-state index in [1.54, 1.807) is 24.3 Å². The van der Waals surface area contributed by atoms with E-state index in [2.05, 4.69) is 5.32 Å². The van der Waals surface area contributed by atoms with Crippen LogP contribution in [0.25, 0.3) is 0 Å². The van der Waals surface area contributed by atoms with Gasteiger partial charge in [0.15, 0.2) is 6.10 Å². The van der Waals surface area contributed by atoms with Crippen LogP contribution in [0.3, 0.4) is 0 Å². The van der Waals surface area contributed by atoms with E-state index in [0.717, 1.165) is 12.8 Å². The predicted octanol–water partition coefficient (Wildman–Crippen LogP) is 2.26. The fourth-order valence-electron chi connectivity index (χ4n) is 1.49. The molecule has 1 aliphatic carbocycles. The number of ether oxygens (including phenoxy) is 1. The molecule has 4 nitrogen and oxygen atoms in total. The number of carbonyl (C=O) groups is 1. The monoisotopic (exact) mass is 255 g/mol. The van der Waals surface area contributed by atoms with Gasteiger partial charge in [0.25, 0.3) is 0 Å². The van der Waals surface area contributed by atoms with Gasteiger partial charge in [-0.3, -0.25) is 0 Å². The topological polar surface area (TPSA) is 58.6 Å². The minimum atomic E-state index is -0.720. The standard InChI is InChI=1S/C12H14ClNO3/c13-10-4-2-1-3-9(10)11(7-15)17-12(16)14-8-5-6-8/h1-4,8,11,15H,5-7H2,(H,14,16). The van der Waals surface area contributed by atoms with Crippen molar-refractivity contribution in [1.29, 1.82) is 0 Å². The molecule has 2 rings (SSSR count). The summed E-state index contributed by atoms with van der Waals surface area (Å²) in [5, 5.41) is 12.4. The van der Waals surface area contributed by atoms with E-state index >= 15 is 0 Å². The van der Waals surface area contributed by atoms with Gasteiger partial charge in [0.1, 0.15) is 0 Å². The van der Waals surface area contributed by atoms with E-state index in [1.807, 2.05) is 0 Å². The summed E-state index contributed by atoms with van der Waals surface area (Å²) in [6.07, 6.45) is 0.754. The van der Waals surface area contributed by atoms with Gasteiger partial charge >= 0.3 is 6.09 Å². The molecule has 0 radical (unpaired) electrons. The van der Waals surface area contributed by atoms with Crippen molar-refractivity contribution in [1.82, 2.24) is 5.32 Å². The number of aliphatic hydroxyl groups excluding tert-OH is 1. The number of rotatable bonds is 4. The van der Waals surface area contributed by atoms with Crippen LogP contribution >= 0.6 is 11.6 Å². The maximum Gasteiger partial charge on any atom is 0.408 e. The van der Waals surface area contributed by atoms with Crippen LogP contribution in [0.5, 0.6) is 0 Å². The first-order valence-electron chi connectivity index (χ1n) is 5.53. The van der Waals surface area contributed by atoms with Crippen LogP contribution < -0.4 is 5.32 Å². The van der Waals surface area contributed by atoms with Crippen LogP contribution in [0, 0.1) is 0 Å². The highest BCUT2D eigenvalue weighted by Gasteiger charge is 2.26. The molecule has 5 heteroatoms. The van der Waals surface area contributed by atoms with Gasteiger partial charge in [0.05, 0.1) is 6.61 Å². The molecule has 1 aliphatic rings. The lowest BCUT2D eigenvalue weighted by molar-refractivity contribution is 0.0569. The number of hydrogen-bond donors (Lipinski definition) is 2. The van der Waals surface area contributed by atoms with E-state index in [4.69, 9.17) is 16.3 Å². The molecule has 1 amide bonds. The number of carbonyl (C=O) groups excluding carboxylic acids is 1. The van der Waals surface area contributed by atoms with Gasteiger partial charge in [0, 0.05) is 16.6 Å². The Hall–Kier alpha value is -1.26. The first kappa shape index (κ1) is 12.2. The normalized spacial score (nSPS) is 16.4. The number of amides is 1. The number of halogens is 1. The molecule has 1 atom stereocenters. The third kappa shape index (κ3) is 3.35. The van der Waals surface area contributed by atoms with Crippen molar-refractivity contribution in [2.45, 2.75) is 25.0 Å². The smallest absolute Gasteiger partial charge is 0.408 e. The maximum atomic E-state index is 11.5. The first-order chi connectivity index (χ1) is 8.20. The number of hydrogen-bond acceptors (Lipinski definition) is 3. The van der Waals surface area contributed by atoms with Crippen molar-refractivity contribution >= 4 is 17.7 Å². The Labute approximate surface area is 105 Å². The number of nitrogens with one attached hydrogen (secondary N) is 1. The molecule has 0 spiro atoms. The molecule has 2 N–H and O–H groups in total. The van der Waals surface area contributed by atoms with Crippen LogP contribution in [-0.4, -0.2) is 23.8 Å². The first-order valence-corrected chi connectivity index (χ1v) is 5.91. The van der Waals surface area contributed by atoms with Gasteiger partial charge in [-0.2, -0.15) is 0 Å². The van der Waals surface area contributed by atoms with E-state index in [0.29, 0.717) is 10.6 Å². The van der Waals surface area contributed by atoms with E-state index in [-0.39, 0.29) is 12.6 Å². The Bertz CT molecular complexity index is 406. The average molecular weight is 256 g/mol. The molecule has 0 heterocycles. The Morgan fingerprint density at radius 3 is 2.82 bits per heavy atom. The largest absolute Gasteiger partial charge is 0.439 e. The summed E-state index contributed by atoms with van der Waals surface area (Å²) >= 11 is 5.98. The van der Waals surface area contributed by atoms with Crippen LogP contribution in [0.15, 0.2) is 24.3 Å². The second-order valence-corrected chi connectivity index (χ2v) is 4.42. The van der Waals surface area contributed by atoms with E-state index in [1.165, 1.54) is 0 Å². The average Bonchev–Trinajstić information content (AvgIpc) is 3.11. The zero-order chi connectivity index (χ0) is 12.3. The van der Waals surface area contributed by atoms with Crippen LogP contribution in [0.2, 0.25) is 5.02 Å². The van der Waals surface area contributed by atoms with Crippen LogP contribution in [-0.2, 0) is 4.74 Å². The predicted molar refractivity (Wildman–Crippen MR) is 63.9 cm³/mol. The number of aliphatic hydroxyl groups is 1. The summed E-state index contributed by atoms with van der Waals surface area (Å²) in [7, 11) is 0. The fraction of sp³-hybridized carbons (Fsp3) is 0.417. The SMILES string of the molecule is O=C(NC1CC1)OC(CO)c1ccccc1Cl. The van der Waals surface area contributed by atoms with Crippen molar-refractivity contribution in [2.75, 3.05) is 6.61 Å². The molecule has 0 aromatic heterocycles. The van der Waals surface area contributed by atoms with Crippen molar-refractivity contribution in [3.05, 3.63) is 34.9 Å². The van der Waals surface area contributed by atoms with Gasteiger partial charge in [-0.15, -0.1) is 0 Å². The molecular formula is C12H14ClNO3. The number of benzene rings is 1. The molecule has 1 aromatic rings. The van der Waals surface area contributed by atoms with Gasteiger partial charge < -0.3 is 15.2 Å². The maximum absolute atomic E-state index is 11.5. The molecule has 1 aromatic carbocycles. The van der Waals surface area contributed by atoms with Crippen LogP contribution in [0.4, 0.5) is 4.79 Å². The zero-order valence-corrected chi connectivity index (χ0v) is 9.98. The zero-order valence-electron chi connectivity index (χ0n) is 9.23. The summed E-state index contributed by atoms with van der Waals surface area (Å²) in [5.74, 6) is 0. The summed E-state index contributed by atoms with van der Waals surface area (Å²) in [6.45, 7) is -0.290. The third-order valence-electron chi connectivity index (χ3n) is 2.57. The van der Waals surface area contributed by atoms with Gasteiger partial charge in [0.2, 0.25) is 0 Å². The molecule has 1 fully saturated rings. The molecule has 1 unspecified atom stereocenters. The fourth-order valence-corrected chi connectivity index (χ4v) is 1.75. The molecule has 17 heavy (non-hydrogen) atoms. The molecule has 0 bridgehead atoms. The molecule has 1 saturated carbocycles. The quantitative estimate of drug-likeness (QED) is 0.868. The molecule has 0 saturated heterocycles. The Kier molecular flexibility index (Phi) is 3.86. The summed E-state index contributed by atoms with van der Waals surface area (Å²) in [5.41, 5.74) is 0.614.